The highest BCUT2D eigenvalue weighted by atomic mass is 32.2. The molecule has 5 fully saturated rings. The van der Waals surface area contributed by atoms with E-state index in [2.05, 4.69) is 27.7 Å². The summed E-state index contributed by atoms with van der Waals surface area (Å²) in [5.74, 6) is 0.672. The minimum atomic E-state index is -4.63. The molecular weight excluding hydrogens is 597 g/mol. The van der Waals surface area contributed by atoms with Crippen molar-refractivity contribution in [2.45, 2.75) is 139 Å². The lowest BCUT2D eigenvalue weighted by Gasteiger charge is -2.51. The number of hydrogen-bond acceptors (Lipinski definition) is 4. The maximum Gasteiger partial charge on any atom is 0.417 e. The molecule has 0 radical (unpaired) electrons. The normalized spacial score (nSPS) is 44.8. The lowest BCUT2D eigenvalue weighted by Crippen LogP contribution is -2.50. The number of rotatable bonds is 7. The summed E-state index contributed by atoms with van der Waals surface area (Å²) in [5, 5.41) is 22.2. The molecule has 10 atom stereocenters. The van der Waals surface area contributed by atoms with E-state index in [1.807, 2.05) is 13.0 Å². The van der Waals surface area contributed by atoms with E-state index in [0.29, 0.717) is 42.4 Å². The molecule has 0 amide bonds. The van der Waals surface area contributed by atoms with Crippen LogP contribution in [0.3, 0.4) is 0 Å². The van der Waals surface area contributed by atoms with Crippen LogP contribution in [0.15, 0.2) is 35.2 Å². The third kappa shape index (κ3) is 5.25. The third-order valence-corrected chi connectivity index (χ3v) is 17.3. The van der Waals surface area contributed by atoms with E-state index in [9.17, 15) is 31.8 Å². The van der Waals surface area contributed by atoms with Crippen LogP contribution < -0.4 is 0 Å². The topological polar surface area (TPSA) is 74.6 Å². The van der Waals surface area contributed by atoms with Crippen molar-refractivity contribution in [2.24, 2.45) is 58.2 Å². The Kier molecular flexibility index (Phi) is 8.42. The predicted octanol–water partition coefficient (Wildman–Crippen LogP) is 8.60. The summed E-state index contributed by atoms with van der Waals surface area (Å²) in [6.07, 6.45) is 2.66. The molecule has 0 heterocycles. The molecule has 0 aromatic heterocycles. The Hall–Kier alpha value is -1.12. The van der Waals surface area contributed by atoms with Gasteiger partial charge in [-0.2, -0.15) is 13.2 Å². The van der Waals surface area contributed by atoms with Crippen LogP contribution in [0.5, 0.6) is 0 Å². The Labute approximate surface area is 268 Å². The molecule has 1 aromatic carbocycles. The average Bonchev–Trinajstić information content (AvgIpc) is 3.58. The highest BCUT2D eigenvalue weighted by Gasteiger charge is 2.73. The van der Waals surface area contributed by atoms with Gasteiger partial charge in [-0.25, -0.2) is 8.42 Å². The quantitative estimate of drug-likeness (QED) is 0.309. The summed E-state index contributed by atoms with van der Waals surface area (Å²) in [4.78, 5) is 0.299. The highest BCUT2D eigenvalue weighted by Crippen LogP contribution is 2.74. The second-order valence-electron chi connectivity index (χ2n) is 17.1. The van der Waals surface area contributed by atoms with Gasteiger partial charge in [-0.15, -0.1) is 0 Å². The summed E-state index contributed by atoms with van der Waals surface area (Å²) in [7, 11) is -3.76. The predicted molar refractivity (Wildman–Crippen MR) is 170 cm³/mol. The molecule has 2 unspecified atom stereocenters. The fourth-order valence-electron chi connectivity index (χ4n) is 12.3. The van der Waals surface area contributed by atoms with Gasteiger partial charge in [0.05, 0.1) is 15.7 Å². The molecule has 6 rings (SSSR count). The van der Waals surface area contributed by atoms with Crippen LogP contribution >= 0.6 is 0 Å². The number of hydrogen-bond donors (Lipinski definition) is 2. The van der Waals surface area contributed by atoms with Crippen LogP contribution in [0.1, 0.15) is 112 Å². The molecule has 254 valence electrons. The first-order valence-corrected chi connectivity index (χ1v) is 19.2. The van der Waals surface area contributed by atoms with E-state index in [1.165, 1.54) is 0 Å². The van der Waals surface area contributed by atoms with Crippen molar-refractivity contribution in [3.05, 3.63) is 30.3 Å². The summed E-state index contributed by atoms with van der Waals surface area (Å²) in [6.45, 7) is 10.8. The van der Waals surface area contributed by atoms with Gasteiger partial charge in [-0.05, 0) is 141 Å². The summed E-state index contributed by atoms with van der Waals surface area (Å²) < 4.78 is 71.6. The van der Waals surface area contributed by atoms with Crippen LogP contribution in [0, 0.1) is 58.2 Å². The molecule has 1 aromatic rings. The van der Waals surface area contributed by atoms with Gasteiger partial charge in [-0.1, -0.05) is 52.8 Å². The Balaban J connectivity index is 1.29. The van der Waals surface area contributed by atoms with E-state index in [4.69, 9.17) is 0 Å². The first-order chi connectivity index (χ1) is 20.9. The minimum Gasteiger partial charge on any atom is -0.390 e. The summed E-state index contributed by atoms with van der Waals surface area (Å²) in [5.41, 5.74) is -4.34. The molecule has 0 aliphatic heterocycles. The zero-order valence-corrected chi connectivity index (χ0v) is 28.6. The van der Waals surface area contributed by atoms with Crippen LogP contribution in [0.4, 0.5) is 13.2 Å². The molecule has 2 N–H and O–H groups in total. The monoisotopic (exact) mass is 652 g/mol. The second kappa shape index (κ2) is 11.2. The molecule has 4 nitrogen and oxygen atoms in total. The van der Waals surface area contributed by atoms with Gasteiger partial charge in [-0.3, -0.25) is 0 Å². The van der Waals surface area contributed by atoms with E-state index in [1.54, 1.807) is 24.3 Å². The van der Waals surface area contributed by atoms with Gasteiger partial charge in [0.1, 0.15) is 0 Å². The maximum atomic E-state index is 14.5. The Morgan fingerprint density at radius 3 is 2.07 bits per heavy atom. The van der Waals surface area contributed by atoms with Gasteiger partial charge in [0.2, 0.25) is 0 Å². The Morgan fingerprint density at radius 1 is 0.844 bits per heavy atom. The number of alkyl halides is 3. The van der Waals surface area contributed by atoms with E-state index >= 15 is 0 Å². The molecular formula is C37H55F3O4S. The number of benzene rings is 1. The summed E-state index contributed by atoms with van der Waals surface area (Å²) >= 11 is 0. The van der Waals surface area contributed by atoms with Crippen molar-refractivity contribution < 1.29 is 31.8 Å². The van der Waals surface area contributed by atoms with Crippen molar-refractivity contribution in [3.63, 3.8) is 0 Å². The smallest absolute Gasteiger partial charge is 0.390 e. The largest absolute Gasteiger partial charge is 0.417 e. The first kappa shape index (κ1) is 33.8. The van der Waals surface area contributed by atoms with E-state index < -0.39 is 43.8 Å². The van der Waals surface area contributed by atoms with Crippen LogP contribution in [-0.2, 0) is 9.84 Å². The van der Waals surface area contributed by atoms with Crippen molar-refractivity contribution >= 4 is 9.84 Å². The number of aliphatic hydroxyl groups is 2. The average molecular weight is 653 g/mol. The van der Waals surface area contributed by atoms with Gasteiger partial charge >= 0.3 is 6.18 Å². The molecule has 0 spiro atoms. The highest BCUT2D eigenvalue weighted by molar-refractivity contribution is 7.92. The van der Waals surface area contributed by atoms with E-state index in [-0.39, 0.29) is 47.8 Å². The SMILES string of the molecule is CC(C)C1CCC(O)(CC([C@@H](C)[C@H]2CC[C@H]3[C@@H]4CC5[C@](C)(CC[C@@]5(O)C(F)(F)F)[C@H]4CC[C@]23C)S(=O)(=O)c2ccccc2)CC1. The molecule has 5 aliphatic carbocycles. The number of halogens is 3. The summed E-state index contributed by atoms with van der Waals surface area (Å²) in [6, 6.07) is 8.66. The standard InChI is InChI=1S/C37H55F3O4S/c1-23(2)25-13-17-35(41,18-14-25)22-31(45(43,44)26-9-7-6-8-10-26)24(3)28-11-12-29-27-21-32-34(5,30(27)15-16-33(28,29)4)19-20-36(32,42)37(38,39)40/h6-10,23-25,27-32,41-42H,11-22H2,1-5H3/t24-,25?,27-,28+,29-,30-,31?,32?,33+,34+,35?,36-/m0/s1. The van der Waals surface area contributed by atoms with Gasteiger partial charge < -0.3 is 10.2 Å². The minimum absolute atomic E-state index is 0.0947. The van der Waals surface area contributed by atoms with Crippen LogP contribution in [0.25, 0.3) is 0 Å². The Bertz CT molecular complexity index is 1340. The molecule has 45 heavy (non-hydrogen) atoms. The second-order valence-corrected chi connectivity index (χ2v) is 19.3. The van der Waals surface area contributed by atoms with Crippen LogP contribution in [0.2, 0.25) is 0 Å². The van der Waals surface area contributed by atoms with Gasteiger partial charge in [0.25, 0.3) is 0 Å². The fraction of sp³-hybridized carbons (Fsp3) is 0.838. The van der Waals surface area contributed by atoms with Gasteiger partial charge in [0, 0.05) is 5.92 Å². The molecule has 5 saturated carbocycles. The zero-order valence-electron chi connectivity index (χ0n) is 27.8. The Morgan fingerprint density at radius 2 is 1.47 bits per heavy atom. The lowest BCUT2D eigenvalue weighted by atomic mass is 9.54. The van der Waals surface area contributed by atoms with Crippen molar-refractivity contribution in [2.75, 3.05) is 0 Å². The zero-order chi connectivity index (χ0) is 32.8. The lowest BCUT2D eigenvalue weighted by molar-refractivity contribution is -0.276. The van der Waals surface area contributed by atoms with Crippen LogP contribution in [-0.4, -0.2) is 41.3 Å². The number of sulfone groups is 1. The van der Waals surface area contributed by atoms with Crippen molar-refractivity contribution in [1.29, 1.82) is 0 Å². The van der Waals surface area contributed by atoms with Gasteiger partial charge in [0.15, 0.2) is 15.4 Å². The molecule has 8 heteroatoms. The maximum absolute atomic E-state index is 14.5. The van der Waals surface area contributed by atoms with Crippen molar-refractivity contribution in [3.8, 4) is 0 Å². The molecule has 5 aliphatic rings. The fourth-order valence-corrected chi connectivity index (χ4v) is 14.4. The molecule has 0 saturated heterocycles. The number of fused-ring (bicyclic) bond motifs is 5. The first-order valence-electron chi connectivity index (χ1n) is 17.7. The van der Waals surface area contributed by atoms with E-state index in [0.717, 1.165) is 38.5 Å². The molecule has 0 bridgehead atoms. The van der Waals surface area contributed by atoms with Crippen molar-refractivity contribution in [1.82, 2.24) is 0 Å². The third-order valence-electron chi connectivity index (χ3n) is 14.9.